The van der Waals surface area contributed by atoms with E-state index >= 15 is 0 Å². The van der Waals surface area contributed by atoms with Crippen LogP contribution in [0.25, 0.3) is 0 Å². The molecule has 29 heavy (non-hydrogen) atoms. The van der Waals surface area contributed by atoms with Crippen molar-refractivity contribution in [3.05, 3.63) is 46.1 Å². The summed E-state index contributed by atoms with van der Waals surface area (Å²) in [5, 5.41) is 2.91. The van der Waals surface area contributed by atoms with E-state index in [1.165, 1.54) is 21.7 Å². The van der Waals surface area contributed by atoms with Gasteiger partial charge in [0.15, 0.2) is 12.4 Å². The maximum absolute atomic E-state index is 12.5. The molecule has 0 atom stereocenters. The first-order chi connectivity index (χ1) is 13.6. The van der Waals surface area contributed by atoms with E-state index in [0.717, 1.165) is 11.3 Å². The number of carbonyl (C=O) groups is 4. The molecule has 0 spiro atoms. The van der Waals surface area contributed by atoms with Crippen molar-refractivity contribution in [2.24, 2.45) is 5.73 Å². The van der Waals surface area contributed by atoms with Crippen LogP contribution in [0.3, 0.4) is 0 Å². The number of thiophene rings is 1. The van der Waals surface area contributed by atoms with Crippen LogP contribution in [0.15, 0.2) is 24.5 Å². The average molecular weight is 419 g/mol. The van der Waals surface area contributed by atoms with Crippen LogP contribution in [0.4, 0.5) is 5.00 Å². The van der Waals surface area contributed by atoms with Gasteiger partial charge >= 0.3 is 5.97 Å². The molecule has 154 valence electrons. The van der Waals surface area contributed by atoms with E-state index in [9.17, 15) is 19.2 Å². The molecule has 0 aliphatic carbocycles. The second-order valence-corrected chi connectivity index (χ2v) is 7.38. The quantitative estimate of drug-likeness (QED) is 0.511. The summed E-state index contributed by atoms with van der Waals surface area (Å²) < 4.78 is 6.57. The lowest BCUT2D eigenvalue weighted by molar-refractivity contribution is -0.684. The molecule has 0 saturated carbocycles. The van der Waals surface area contributed by atoms with Crippen LogP contribution in [0, 0.1) is 6.92 Å². The average Bonchev–Trinajstić information content (AvgIpc) is 2.97. The molecule has 0 saturated heterocycles. The second-order valence-electron chi connectivity index (χ2n) is 6.36. The molecule has 9 nitrogen and oxygen atoms in total. The molecule has 0 aliphatic heterocycles. The van der Waals surface area contributed by atoms with Crippen molar-refractivity contribution in [3.63, 3.8) is 0 Å². The van der Waals surface area contributed by atoms with Crippen molar-refractivity contribution in [3.8, 4) is 0 Å². The third-order valence-electron chi connectivity index (χ3n) is 3.95. The molecule has 2 aromatic rings. The van der Waals surface area contributed by atoms with E-state index < -0.39 is 17.8 Å². The summed E-state index contributed by atoms with van der Waals surface area (Å²) >= 11 is 1.02. The number of anilines is 1. The Hall–Kier alpha value is -3.27. The zero-order valence-electron chi connectivity index (χ0n) is 16.6. The van der Waals surface area contributed by atoms with Crippen molar-refractivity contribution in [1.29, 1.82) is 0 Å². The number of nitrogens with zero attached hydrogens (tertiary/aromatic N) is 2. The number of amides is 3. The molecular weight excluding hydrogens is 396 g/mol. The first-order valence-electron chi connectivity index (χ1n) is 8.76. The fourth-order valence-electron chi connectivity index (χ4n) is 2.56. The summed E-state index contributed by atoms with van der Waals surface area (Å²) in [6, 6.07) is 3.14. The van der Waals surface area contributed by atoms with E-state index in [1.807, 2.05) is 0 Å². The number of aromatic nitrogens is 1. The number of esters is 1. The normalized spacial score (nSPS) is 10.3. The maximum Gasteiger partial charge on any atom is 0.341 e. The molecule has 2 heterocycles. The van der Waals surface area contributed by atoms with E-state index in [0.29, 0.717) is 10.4 Å². The highest BCUT2D eigenvalue weighted by atomic mass is 32.1. The van der Waals surface area contributed by atoms with Gasteiger partial charge in [-0.1, -0.05) is 0 Å². The van der Waals surface area contributed by atoms with Gasteiger partial charge in [0, 0.05) is 20.2 Å². The molecule has 0 radical (unpaired) electrons. The highest BCUT2D eigenvalue weighted by molar-refractivity contribution is 7.18. The van der Waals surface area contributed by atoms with Crippen LogP contribution < -0.4 is 15.6 Å². The van der Waals surface area contributed by atoms with Gasteiger partial charge in [-0.2, -0.15) is 4.57 Å². The van der Waals surface area contributed by atoms with Crippen LogP contribution >= 0.6 is 11.3 Å². The van der Waals surface area contributed by atoms with Crippen LogP contribution in [-0.2, 0) is 16.1 Å². The molecule has 2 aromatic heterocycles. The largest absolute Gasteiger partial charge is 0.462 e. The van der Waals surface area contributed by atoms with Gasteiger partial charge in [-0.3, -0.25) is 14.4 Å². The number of nitrogens with two attached hydrogens (primary N) is 1. The fraction of sp³-hybridized carbons (Fsp3) is 0.316. The highest BCUT2D eigenvalue weighted by Crippen LogP contribution is 2.34. The number of nitrogens with one attached hydrogen (secondary N) is 1. The summed E-state index contributed by atoms with van der Waals surface area (Å²) in [5.74, 6) is -1.93. The van der Waals surface area contributed by atoms with Gasteiger partial charge in [-0.05, 0) is 25.5 Å². The van der Waals surface area contributed by atoms with Crippen molar-refractivity contribution >= 4 is 40.0 Å². The number of rotatable bonds is 7. The number of hydrogen-bond acceptors (Lipinski definition) is 6. The predicted molar refractivity (Wildman–Crippen MR) is 107 cm³/mol. The number of primary amides is 1. The van der Waals surface area contributed by atoms with Crippen molar-refractivity contribution in [2.45, 2.75) is 20.4 Å². The third-order valence-corrected chi connectivity index (χ3v) is 5.14. The predicted octanol–water partition coefficient (Wildman–Crippen LogP) is 0.960. The van der Waals surface area contributed by atoms with Crippen molar-refractivity contribution < 1.29 is 28.5 Å². The molecule has 0 unspecified atom stereocenters. The minimum atomic E-state index is -0.613. The van der Waals surface area contributed by atoms with Crippen molar-refractivity contribution in [2.75, 3.05) is 26.0 Å². The third kappa shape index (κ3) is 5.17. The zero-order valence-corrected chi connectivity index (χ0v) is 17.5. The Morgan fingerprint density at radius 3 is 2.55 bits per heavy atom. The van der Waals surface area contributed by atoms with Crippen LogP contribution in [0.1, 0.15) is 42.9 Å². The molecule has 3 amide bonds. The molecule has 0 aromatic carbocycles. The van der Waals surface area contributed by atoms with Gasteiger partial charge in [0.1, 0.15) is 10.6 Å². The second kappa shape index (κ2) is 9.28. The lowest BCUT2D eigenvalue weighted by Crippen LogP contribution is -2.40. The Labute approximate surface area is 172 Å². The number of ether oxygens (including phenoxy) is 1. The summed E-state index contributed by atoms with van der Waals surface area (Å²) in [6.07, 6.45) is 3.06. The Morgan fingerprint density at radius 1 is 1.28 bits per heavy atom. The Balaban J connectivity index is 2.32. The van der Waals surface area contributed by atoms with Gasteiger partial charge in [0.05, 0.1) is 17.0 Å². The molecule has 0 bridgehead atoms. The topological polar surface area (TPSA) is 123 Å². The van der Waals surface area contributed by atoms with Crippen molar-refractivity contribution in [1.82, 2.24) is 4.90 Å². The summed E-state index contributed by atoms with van der Waals surface area (Å²) in [7, 11) is 3.21. The standard InChI is InChI=1S/C19H22N4O5S/c1-5-28-19(27)14-11(2)15(18(26)22(3)4)29-17(14)21-13(24)10-23-8-6-7-12(9-23)16(20)25/h6-9H,5,10H2,1-4H3,(H2-,20,21,24,25,26,27)/p+1. The Bertz CT molecular complexity index is 968. The summed E-state index contributed by atoms with van der Waals surface area (Å²) in [4.78, 5) is 50.4. The van der Waals surface area contributed by atoms with E-state index in [2.05, 4.69) is 5.32 Å². The molecule has 10 heteroatoms. The molecular formula is C19H23N4O5S+. The fourth-order valence-corrected chi connectivity index (χ4v) is 3.79. The number of carbonyl (C=O) groups excluding carboxylic acids is 4. The van der Waals surface area contributed by atoms with E-state index in [-0.39, 0.29) is 35.2 Å². The lowest BCUT2D eigenvalue weighted by Gasteiger charge is -2.09. The Kier molecular flexibility index (Phi) is 7.05. The summed E-state index contributed by atoms with van der Waals surface area (Å²) in [5.41, 5.74) is 6.12. The zero-order chi connectivity index (χ0) is 21.7. The van der Waals surface area contributed by atoms with Gasteiger partial charge in [0.2, 0.25) is 6.54 Å². The van der Waals surface area contributed by atoms with Crippen LogP contribution in [0.5, 0.6) is 0 Å². The monoisotopic (exact) mass is 419 g/mol. The van der Waals surface area contributed by atoms with Crippen LogP contribution in [-0.4, -0.2) is 49.3 Å². The first-order valence-corrected chi connectivity index (χ1v) is 9.58. The maximum atomic E-state index is 12.5. The smallest absolute Gasteiger partial charge is 0.341 e. The molecule has 0 aliphatic rings. The van der Waals surface area contributed by atoms with Gasteiger partial charge in [-0.25, -0.2) is 4.79 Å². The summed E-state index contributed by atoms with van der Waals surface area (Å²) in [6.45, 7) is 3.36. The first kappa shape index (κ1) is 22.0. The minimum absolute atomic E-state index is 0.114. The lowest BCUT2D eigenvalue weighted by atomic mass is 10.1. The SMILES string of the molecule is CCOC(=O)c1c(NC(=O)C[n+]2cccc(C(N)=O)c2)sc(C(=O)N(C)C)c1C. The molecule has 3 N–H and O–H groups in total. The number of hydrogen-bond donors (Lipinski definition) is 2. The molecule has 0 fully saturated rings. The van der Waals surface area contributed by atoms with Gasteiger partial charge < -0.3 is 20.7 Å². The molecule has 2 rings (SSSR count). The van der Waals surface area contributed by atoms with Crippen LogP contribution in [0.2, 0.25) is 0 Å². The van der Waals surface area contributed by atoms with E-state index in [1.54, 1.807) is 40.2 Å². The minimum Gasteiger partial charge on any atom is -0.462 e. The van der Waals surface area contributed by atoms with E-state index in [4.69, 9.17) is 10.5 Å². The number of pyridine rings is 1. The highest BCUT2D eigenvalue weighted by Gasteiger charge is 2.27. The Morgan fingerprint density at radius 2 is 1.97 bits per heavy atom. The van der Waals surface area contributed by atoms with Gasteiger partial charge in [0.25, 0.3) is 17.7 Å². The van der Waals surface area contributed by atoms with Gasteiger partial charge in [-0.15, -0.1) is 11.3 Å².